The summed E-state index contributed by atoms with van der Waals surface area (Å²) in [5.41, 5.74) is -3.67. The Labute approximate surface area is 218 Å². The Morgan fingerprint density at radius 2 is 1.89 bits per heavy atom. The number of aliphatic hydroxyl groups is 1. The summed E-state index contributed by atoms with van der Waals surface area (Å²) in [6.07, 6.45) is -8.18. The second-order valence-electron chi connectivity index (χ2n) is 10.1. The van der Waals surface area contributed by atoms with Crippen LogP contribution in [0.5, 0.6) is 0 Å². The number of nitrogens with zero attached hydrogens (tertiary/aromatic N) is 3. The van der Waals surface area contributed by atoms with Crippen molar-refractivity contribution in [1.82, 2.24) is 15.3 Å². The molecule has 38 heavy (non-hydrogen) atoms. The van der Waals surface area contributed by atoms with Crippen LogP contribution in [0.25, 0.3) is 0 Å². The minimum atomic E-state index is -5.01. The van der Waals surface area contributed by atoms with E-state index in [1.54, 1.807) is 0 Å². The fourth-order valence-electron chi connectivity index (χ4n) is 5.21. The second kappa shape index (κ2) is 8.92. The number of carbonyl (C=O) groups excluding carboxylic acids is 1. The van der Waals surface area contributed by atoms with Crippen molar-refractivity contribution in [2.45, 2.75) is 55.7 Å². The zero-order valence-electron chi connectivity index (χ0n) is 20.0. The molecule has 1 aromatic heterocycles. The quantitative estimate of drug-likeness (QED) is 0.497. The number of carbonyl (C=O) groups is 1. The van der Waals surface area contributed by atoms with Gasteiger partial charge in [-0.2, -0.15) is 31.4 Å². The van der Waals surface area contributed by atoms with E-state index in [0.717, 1.165) is 12.5 Å². The maximum Gasteiger partial charge on any atom is 0.417 e. The first kappa shape index (κ1) is 26.9. The Balaban J connectivity index is 1.33. The van der Waals surface area contributed by atoms with Crippen LogP contribution in [-0.4, -0.2) is 51.8 Å². The summed E-state index contributed by atoms with van der Waals surface area (Å²) in [7, 11) is 0. The van der Waals surface area contributed by atoms with Gasteiger partial charge in [-0.1, -0.05) is 18.5 Å². The van der Waals surface area contributed by atoms with Crippen molar-refractivity contribution in [2.75, 3.05) is 13.1 Å². The smallest absolute Gasteiger partial charge is 0.381 e. The van der Waals surface area contributed by atoms with Crippen LogP contribution >= 0.6 is 11.6 Å². The SMILES string of the molecule is CCC(=O)C1CC1N1CC(O)(c2ccc(C3=NNC(c4cc(Cl)cc(C(F)(F)F)c4)(C(F)(F)F)C3)cn2)C1. The zero-order valence-corrected chi connectivity index (χ0v) is 20.8. The summed E-state index contributed by atoms with van der Waals surface area (Å²) in [4.78, 5) is 18.1. The Morgan fingerprint density at radius 3 is 2.47 bits per heavy atom. The van der Waals surface area contributed by atoms with E-state index in [1.165, 1.54) is 18.3 Å². The van der Waals surface area contributed by atoms with Crippen molar-refractivity contribution in [1.29, 1.82) is 0 Å². The maximum absolute atomic E-state index is 14.3. The highest BCUT2D eigenvalue weighted by Crippen LogP contribution is 2.47. The first-order chi connectivity index (χ1) is 17.7. The van der Waals surface area contributed by atoms with Crippen molar-refractivity contribution >= 4 is 23.1 Å². The summed E-state index contributed by atoms with van der Waals surface area (Å²) in [5.74, 6) is 0.189. The maximum atomic E-state index is 14.3. The summed E-state index contributed by atoms with van der Waals surface area (Å²) in [6, 6.07) is 4.89. The van der Waals surface area contributed by atoms with E-state index in [1.807, 2.05) is 17.2 Å². The number of Topliss-reactive ketones (excluding diaryl/α,β-unsaturated/α-hetero) is 1. The van der Waals surface area contributed by atoms with Gasteiger partial charge in [-0.15, -0.1) is 0 Å². The van der Waals surface area contributed by atoms with Gasteiger partial charge in [0, 0.05) is 54.7 Å². The van der Waals surface area contributed by atoms with Gasteiger partial charge in [0.1, 0.15) is 11.4 Å². The van der Waals surface area contributed by atoms with Gasteiger partial charge in [0.05, 0.1) is 17.0 Å². The molecule has 3 aliphatic rings. The summed E-state index contributed by atoms with van der Waals surface area (Å²) in [5, 5.41) is 14.3. The van der Waals surface area contributed by atoms with Gasteiger partial charge in [-0.3, -0.25) is 20.1 Å². The number of hydrazone groups is 1. The summed E-state index contributed by atoms with van der Waals surface area (Å²) >= 11 is 5.76. The molecule has 13 heteroatoms. The normalized spacial score (nSPS) is 26.9. The Morgan fingerprint density at radius 1 is 1.18 bits per heavy atom. The molecule has 5 rings (SSSR count). The predicted molar refractivity (Wildman–Crippen MR) is 125 cm³/mol. The van der Waals surface area contributed by atoms with Crippen molar-refractivity contribution < 1.29 is 36.2 Å². The molecule has 3 heterocycles. The molecule has 3 atom stereocenters. The molecule has 0 bridgehead atoms. The van der Waals surface area contributed by atoms with Gasteiger partial charge in [-0.25, -0.2) is 0 Å². The molecule has 6 nitrogen and oxygen atoms in total. The van der Waals surface area contributed by atoms with Gasteiger partial charge < -0.3 is 5.11 Å². The molecule has 0 spiro atoms. The highest BCUT2D eigenvalue weighted by Gasteiger charge is 2.60. The highest BCUT2D eigenvalue weighted by atomic mass is 35.5. The Bertz CT molecular complexity index is 1290. The van der Waals surface area contributed by atoms with Crippen LogP contribution in [0.3, 0.4) is 0 Å². The summed E-state index contributed by atoms with van der Waals surface area (Å²) < 4.78 is 82.7. The number of likely N-dealkylation sites (tertiary alicyclic amines) is 1. The van der Waals surface area contributed by atoms with Crippen molar-refractivity contribution in [3.63, 3.8) is 0 Å². The first-order valence-electron chi connectivity index (χ1n) is 11.9. The fourth-order valence-corrected chi connectivity index (χ4v) is 5.44. The molecule has 2 N–H and O–H groups in total. The number of β-amino-alcohol motifs (C(OH)–C–C–N with tert-alkyl or cyclic N) is 1. The molecule has 1 saturated heterocycles. The average molecular weight is 561 g/mol. The van der Waals surface area contributed by atoms with E-state index in [9.17, 15) is 36.2 Å². The molecular formula is C25H23ClF6N4O2. The lowest BCUT2D eigenvalue weighted by atomic mass is 9.83. The number of hydrogen-bond donors (Lipinski definition) is 2. The number of halogens is 7. The fraction of sp³-hybridized carbons (Fsp3) is 0.480. The molecule has 2 aromatic rings. The molecule has 2 fully saturated rings. The number of pyridine rings is 1. The first-order valence-corrected chi connectivity index (χ1v) is 12.3. The molecule has 0 radical (unpaired) electrons. The van der Waals surface area contributed by atoms with Gasteiger partial charge >= 0.3 is 12.4 Å². The molecular weight excluding hydrogens is 538 g/mol. The van der Waals surface area contributed by atoms with Crippen LogP contribution in [0.4, 0.5) is 26.3 Å². The van der Waals surface area contributed by atoms with Crippen LogP contribution in [0, 0.1) is 5.92 Å². The Kier molecular flexibility index (Phi) is 6.31. The lowest BCUT2D eigenvalue weighted by Gasteiger charge is -2.46. The lowest BCUT2D eigenvalue weighted by molar-refractivity contribution is -0.196. The van der Waals surface area contributed by atoms with Gasteiger partial charge in [0.15, 0.2) is 5.54 Å². The van der Waals surface area contributed by atoms with Crippen LogP contribution < -0.4 is 5.43 Å². The average Bonchev–Trinajstić information content (AvgIpc) is 3.47. The van der Waals surface area contributed by atoms with E-state index in [2.05, 4.69) is 10.1 Å². The third-order valence-corrected chi connectivity index (χ3v) is 7.72. The van der Waals surface area contributed by atoms with E-state index >= 15 is 0 Å². The zero-order chi connectivity index (χ0) is 27.7. The third kappa shape index (κ3) is 4.56. The van der Waals surface area contributed by atoms with Crippen LogP contribution in [0.15, 0.2) is 41.6 Å². The number of rotatable bonds is 6. The topological polar surface area (TPSA) is 77.8 Å². The minimum absolute atomic E-state index is 0.00614. The highest BCUT2D eigenvalue weighted by molar-refractivity contribution is 6.30. The van der Waals surface area contributed by atoms with Gasteiger partial charge in [0.25, 0.3) is 0 Å². The van der Waals surface area contributed by atoms with Crippen molar-refractivity contribution in [3.8, 4) is 0 Å². The number of aromatic nitrogens is 1. The predicted octanol–water partition coefficient (Wildman–Crippen LogP) is 4.78. The van der Waals surface area contributed by atoms with E-state index < -0.39 is 46.1 Å². The van der Waals surface area contributed by atoms with E-state index in [0.29, 0.717) is 24.2 Å². The largest absolute Gasteiger partial charge is 0.417 e. The number of benzene rings is 1. The molecule has 0 amide bonds. The molecule has 3 unspecified atom stereocenters. The number of alkyl halides is 6. The van der Waals surface area contributed by atoms with Crippen molar-refractivity contribution in [3.05, 3.63) is 63.9 Å². The molecule has 1 aliphatic carbocycles. The molecule has 1 saturated carbocycles. The minimum Gasteiger partial charge on any atom is -0.381 e. The molecule has 1 aromatic carbocycles. The summed E-state index contributed by atoms with van der Waals surface area (Å²) in [6.45, 7) is 2.38. The van der Waals surface area contributed by atoms with Gasteiger partial charge in [-0.05, 0) is 42.3 Å². The molecule has 204 valence electrons. The molecule has 2 aliphatic heterocycles. The van der Waals surface area contributed by atoms with Crippen LogP contribution in [-0.2, 0) is 22.1 Å². The van der Waals surface area contributed by atoms with E-state index in [-0.39, 0.29) is 42.1 Å². The van der Waals surface area contributed by atoms with Crippen molar-refractivity contribution in [2.24, 2.45) is 11.0 Å². The monoisotopic (exact) mass is 560 g/mol. The second-order valence-corrected chi connectivity index (χ2v) is 10.5. The lowest BCUT2D eigenvalue weighted by Crippen LogP contribution is -2.60. The number of hydrogen-bond acceptors (Lipinski definition) is 6. The Hall–Kier alpha value is -2.70. The van der Waals surface area contributed by atoms with Crippen LogP contribution in [0.1, 0.15) is 48.6 Å². The van der Waals surface area contributed by atoms with E-state index in [4.69, 9.17) is 11.6 Å². The number of nitrogens with one attached hydrogen (secondary N) is 1. The third-order valence-electron chi connectivity index (χ3n) is 7.51. The standard InChI is InChI=1S/C25H23ClF6N4O2/c1-2-20(37)17-8-19(17)36-11-22(38,12-36)21-4-3-13(10-33-21)18-9-23(35-34-18,25(30,31)32)14-5-15(24(27,28)29)7-16(26)6-14/h3-7,10,17,19,35,38H,2,8-9,11-12H2,1H3. The number of ketones is 1. The van der Waals surface area contributed by atoms with Crippen LogP contribution in [0.2, 0.25) is 5.02 Å². The van der Waals surface area contributed by atoms with Gasteiger partial charge in [0.2, 0.25) is 0 Å².